The Kier molecular flexibility index (Phi) is 8.54. The van der Waals surface area contributed by atoms with Crippen LogP contribution in [0.3, 0.4) is 0 Å². The Labute approximate surface area is 195 Å². The number of carbonyl (C=O) groups excluding carboxylic acids is 1. The molecule has 3 aromatic rings. The molecule has 11 nitrogen and oxygen atoms in total. The van der Waals surface area contributed by atoms with Crippen LogP contribution in [-0.2, 0) is 9.47 Å². The highest BCUT2D eigenvalue weighted by atomic mass is 16.6. The van der Waals surface area contributed by atoms with E-state index in [9.17, 15) is 14.9 Å². The van der Waals surface area contributed by atoms with Gasteiger partial charge in [0.25, 0.3) is 5.69 Å². The molecule has 0 bridgehead atoms. The number of methoxy groups -OCH3 is 3. The highest BCUT2D eigenvalue weighted by molar-refractivity contribution is 5.92. The first-order valence-corrected chi connectivity index (χ1v) is 10.3. The smallest absolute Gasteiger partial charge is 0.343 e. The summed E-state index contributed by atoms with van der Waals surface area (Å²) in [6.07, 6.45) is 0. The second-order valence-electron chi connectivity index (χ2n) is 7.08. The van der Waals surface area contributed by atoms with Crippen LogP contribution in [0.2, 0.25) is 0 Å². The standard InChI is InChI=1S/C23H25N3O8/c1-30-12-10-25(11-13-31-2)22-15-21(34-24-22)19-9-8-18(32-3)14-20(19)33-23(27)16-4-6-17(7-5-16)26(28)29/h4-9,14-15H,10-13H2,1-3H3. The Morgan fingerprint density at radius 1 is 1.03 bits per heavy atom. The largest absolute Gasteiger partial charge is 0.497 e. The molecule has 0 spiro atoms. The maximum Gasteiger partial charge on any atom is 0.343 e. The summed E-state index contributed by atoms with van der Waals surface area (Å²) in [5.41, 5.74) is 0.510. The number of carbonyl (C=O) groups is 1. The fourth-order valence-corrected chi connectivity index (χ4v) is 3.08. The second kappa shape index (κ2) is 11.8. The molecule has 0 aliphatic rings. The SMILES string of the molecule is COCCN(CCOC)c1cc(-c2ccc(OC)cc2OC(=O)c2ccc([N+](=O)[O-])cc2)on1. The molecule has 0 saturated carbocycles. The average molecular weight is 471 g/mol. The molecule has 0 atom stereocenters. The van der Waals surface area contributed by atoms with Crippen molar-refractivity contribution in [2.75, 3.05) is 52.5 Å². The van der Waals surface area contributed by atoms with E-state index in [1.54, 1.807) is 38.5 Å². The van der Waals surface area contributed by atoms with Gasteiger partial charge in [0.15, 0.2) is 11.6 Å². The summed E-state index contributed by atoms with van der Waals surface area (Å²) in [6.45, 7) is 2.14. The zero-order chi connectivity index (χ0) is 24.5. The topological polar surface area (TPSA) is 126 Å². The van der Waals surface area contributed by atoms with Gasteiger partial charge in [-0.25, -0.2) is 4.79 Å². The van der Waals surface area contributed by atoms with Crippen LogP contribution in [0.25, 0.3) is 11.3 Å². The van der Waals surface area contributed by atoms with Crippen molar-refractivity contribution in [3.05, 3.63) is 64.2 Å². The molecule has 0 aliphatic carbocycles. The molecule has 1 heterocycles. The first-order valence-electron chi connectivity index (χ1n) is 10.3. The average Bonchev–Trinajstić information content (AvgIpc) is 3.34. The lowest BCUT2D eigenvalue weighted by atomic mass is 10.1. The van der Waals surface area contributed by atoms with E-state index in [4.69, 9.17) is 23.5 Å². The Bertz CT molecular complexity index is 1110. The van der Waals surface area contributed by atoms with Crippen LogP contribution in [0, 0.1) is 10.1 Å². The van der Waals surface area contributed by atoms with Crippen molar-refractivity contribution in [3.63, 3.8) is 0 Å². The van der Waals surface area contributed by atoms with Crippen LogP contribution in [0.5, 0.6) is 11.5 Å². The predicted molar refractivity (Wildman–Crippen MR) is 123 cm³/mol. The number of benzene rings is 2. The maximum absolute atomic E-state index is 12.7. The van der Waals surface area contributed by atoms with Crippen LogP contribution in [0.1, 0.15) is 10.4 Å². The van der Waals surface area contributed by atoms with Crippen molar-refractivity contribution < 1.29 is 33.2 Å². The fourth-order valence-electron chi connectivity index (χ4n) is 3.08. The third kappa shape index (κ3) is 6.09. The van der Waals surface area contributed by atoms with E-state index in [0.29, 0.717) is 49.2 Å². The number of hydrogen-bond acceptors (Lipinski definition) is 10. The minimum absolute atomic E-state index is 0.126. The van der Waals surface area contributed by atoms with Crippen molar-refractivity contribution in [1.82, 2.24) is 5.16 Å². The molecule has 0 saturated heterocycles. The van der Waals surface area contributed by atoms with Gasteiger partial charge in [-0.1, -0.05) is 5.16 Å². The number of esters is 1. The number of aromatic nitrogens is 1. The monoisotopic (exact) mass is 471 g/mol. The van der Waals surface area contributed by atoms with E-state index < -0.39 is 10.9 Å². The second-order valence-corrected chi connectivity index (χ2v) is 7.08. The number of non-ortho nitro benzene ring substituents is 1. The predicted octanol–water partition coefficient (Wildman–Crippen LogP) is 3.58. The summed E-state index contributed by atoms with van der Waals surface area (Å²) < 4.78 is 26.7. The molecule has 0 fully saturated rings. The van der Waals surface area contributed by atoms with Gasteiger partial charge in [-0.15, -0.1) is 0 Å². The van der Waals surface area contributed by atoms with Gasteiger partial charge in [0.2, 0.25) is 0 Å². The van der Waals surface area contributed by atoms with Gasteiger partial charge in [-0.3, -0.25) is 10.1 Å². The van der Waals surface area contributed by atoms with Gasteiger partial charge in [0.05, 0.1) is 36.4 Å². The van der Waals surface area contributed by atoms with Crippen molar-refractivity contribution in [1.29, 1.82) is 0 Å². The van der Waals surface area contributed by atoms with E-state index in [0.717, 1.165) is 0 Å². The van der Waals surface area contributed by atoms with Gasteiger partial charge in [0, 0.05) is 51.6 Å². The van der Waals surface area contributed by atoms with Crippen LogP contribution in [0.15, 0.2) is 53.1 Å². The molecule has 0 radical (unpaired) electrons. The van der Waals surface area contributed by atoms with Gasteiger partial charge in [0.1, 0.15) is 11.5 Å². The van der Waals surface area contributed by atoms with Gasteiger partial charge in [-0.2, -0.15) is 0 Å². The number of rotatable bonds is 12. The Morgan fingerprint density at radius 3 is 2.29 bits per heavy atom. The summed E-state index contributed by atoms with van der Waals surface area (Å²) in [7, 11) is 4.73. The summed E-state index contributed by atoms with van der Waals surface area (Å²) >= 11 is 0. The van der Waals surface area contributed by atoms with E-state index in [1.165, 1.54) is 31.4 Å². The van der Waals surface area contributed by atoms with Crippen LogP contribution in [-0.4, -0.2) is 63.7 Å². The lowest BCUT2D eigenvalue weighted by molar-refractivity contribution is -0.384. The molecule has 1 aromatic heterocycles. The lowest BCUT2D eigenvalue weighted by Crippen LogP contribution is -2.30. The molecular weight excluding hydrogens is 446 g/mol. The number of nitro benzene ring substituents is 1. The first kappa shape index (κ1) is 24.7. The Hall–Kier alpha value is -3.96. The van der Waals surface area contributed by atoms with E-state index in [1.807, 2.05) is 4.90 Å². The molecule has 0 N–H and O–H groups in total. The number of anilines is 1. The first-order chi connectivity index (χ1) is 16.5. The van der Waals surface area contributed by atoms with Gasteiger partial charge < -0.3 is 28.4 Å². The van der Waals surface area contributed by atoms with Crippen molar-refractivity contribution in [3.8, 4) is 22.8 Å². The molecule has 34 heavy (non-hydrogen) atoms. The maximum atomic E-state index is 12.7. The van der Waals surface area contributed by atoms with Crippen molar-refractivity contribution in [2.24, 2.45) is 0 Å². The zero-order valence-electron chi connectivity index (χ0n) is 19.1. The van der Waals surface area contributed by atoms with Crippen LogP contribution in [0.4, 0.5) is 11.5 Å². The van der Waals surface area contributed by atoms with Gasteiger partial charge >= 0.3 is 5.97 Å². The van der Waals surface area contributed by atoms with E-state index in [-0.39, 0.29) is 17.0 Å². The molecule has 3 rings (SSSR count). The Balaban J connectivity index is 1.88. The zero-order valence-corrected chi connectivity index (χ0v) is 19.1. The van der Waals surface area contributed by atoms with Crippen molar-refractivity contribution in [2.45, 2.75) is 0 Å². The number of hydrogen-bond donors (Lipinski definition) is 0. The molecular formula is C23H25N3O8. The van der Waals surface area contributed by atoms with Gasteiger partial charge in [-0.05, 0) is 24.3 Å². The van der Waals surface area contributed by atoms with Crippen molar-refractivity contribution >= 4 is 17.5 Å². The van der Waals surface area contributed by atoms with Crippen LogP contribution < -0.4 is 14.4 Å². The summed E-state index contributed by atoms with van der Waals surface area (Å²) in [6, 6.07) is 11.8. The number of nitro groups is 1. The summed E-state index contributed by atoms with van der Waals surface area (Å²) in [5.74, 6) is 0.921. The normalized spacial score (nSPS) is 10.7. The third-order valence-electron chi connectivity index (χ3n) is 4.92. The summed E-state index contributed by atoms with van der Waals surface area (Å²) in [5, 5.41) is 15.0. The molecule has 2 aromatic carbocycles. The van der Waals surface area contributed by atoms with Crippen LogP contribution >= 0.6 is 0 Å². The molecule has 0 amide bonds. The molecule has 0 aliphatic heterocycles. The Morgan fingerprint density at radius 2 is 1.71 bits per heavy atom. The fraction of sp³-hybridized carbons (Fsp3) is 0.304. The van der Waals surface area contributed by atoms with E-state index >= 15 is 0 Å². The number of nitrogens with zero attached hydrogens (tertiary/aromatic N) is 3. The molecule has 0 unspecified atom stereocenters. The quantitative estimate of drug-likeness (QED) is 0.167. The third-order valence-corrected chi connectivity index (χ3v) is 4.92. The molecule has 180 valence electrons. The highest BCUT2D eigenvalue weighted by Crippen LogP contribution is 2.35. The highest BCUT2D eigenvalue weighted by Gasteiger charge is 2.20. The summed E-state index contributed by atoms with van der Waals surface area (Å²) in [4.78, 5) is 25.0. The molecule has 11 heteroatoms. The van der Waals surface area contributed by atoms with E-state index in [2.05, 4.69) is 5.16 Å². The lowest BCUT2D eigenvalue weighted by Gasteiger charge is -2.20. The number of ether oxygens (including phenoxy) is 4. The minimum Gasteiger partial charge on any atom is -0.497 e. The minimum atomic E-state index is -0.689.